The van der Waals surface area contributed by atoms with Gasteiger partial charge in [0, 0.05) is 13.1 Å². The summed E-state index contributed by atoms with van der Waals surface area (Å²) in [5.74, 6) is 1.84. The maximum Gasteiger partial charge on any atom is 0.177 e. The van der Waals surface area contributed by atoms with Gasteiger partial charge in [-0.3, -0.25) is 0 Å². The summed E-state index contributed by atoms with van der Waals surface area (Å²) >= 11 is 7.09. The van der Waals surface area contributed by atoms with Gasteiger partial charge >= 0.3 is 0 Å². The molecule has 4 nitrogen and oxygen atoms in total. The normalized spacial score (nSPS) is 17.0. The highest BCUT2D eigenvalue weighted by Crippen LogP contribution is 2.26. The van der Waals surface area contributed by atoms with Crippen molar-refractivity contribution in [2.75, 3.05) is 0 Å². The first-order valence-corrected chi connectivity index (χ1v) is 7.43. The molecule has 0 bridgehead atoms. The molecule has 0 aliphatic carbocycles. The van der Waals surface area contributed by atoms with Crippen molar-refractivity contribution in [3.63, 3.8) is 0 Å². The third kappa shape index (κ3) is 2.07. The van der Waals surface area contributed by atoms with Gasteiger partial charge in [0.15, 0.2) is 11.6 Å². The summed E-state index contributed by atoms with van der Waals surface area (Å²) in [5, 5.41) is 0. The number of nitrogens with zero attached hydrogens (tertiary/aromatic N) is 4. The summed E-state index contributed by atoms with van der Waals surface area (Å²) in [6.07, 6.45) is 10.2. The smallest absolute Gasteiger partial charge is 0.177 e. The quantitative estimate of drug-likeness (QED) is 0.663. The summed E-state index contributed by atoms with van der Waals surface area (Å²) in [4.78, 5) is 8.95. The predicted octanol–water partition coefficient (Wildman–Crippen LogP) is 3.62. The number of hydrogen-bond acceptors (Lipinski definition) is 2. The average molecular weight is 372 g/mol. The molecule has 1 aliphatic rings. The van der Waals surface area contributed by atoms with Gasteiger partial charge in [0.1, 0.15) is 9.21 Å². The van der Waals surface area contributed by atoms with Crippen molar-refractivity contribution in [1.29, 1.82) is 0 Å². The van der Waals surface area contributed by atoms with Gasteiger partial charge in [0.25, 0.3) is 0 Å². The molecule has 0 spiro atoms. The Balaban J connectivity index is 2.17. The van der Waals surface area contributed by atoms with Gasteiger partial charge in [0.05, 0.1) is 12.4 Å². The Hall–Kier alpha value is -0.880. The zero-order chi connectivity index (χ0) is 12.5. The van der Waals surface area contributed by atoms with Crippen LogP contribution in [0.25, 0.3) is 11.6 Å². The summed E-state index contributed by atoms with van der Waals surface area (Å²) < 4.78 is 6.30. The SMILES string of the molecule is Brc1cnc2n1CC/C=C\CCn1c(Br)cnc1-2. The van der Waals surface area contributed by atoms with Crippen molar-refractivity contribution in [2.24, 2.45) is 0 Å². The van der Waals surface area contributed by atoms with Crippen molar-refractivity contribution in [1.82, 2.24) is 19.1 Å². The Labute approximate surface area is 122 Å². The van der Waals surface area contributed by atoms with Gasteiger partial charge in [-0.05, 0) is 44.7 Å². The standard InChI is InChI=1S/C12H12Br2N4/c13-9-7-15-11-12-16-8-10(14)18(12)6-4-2-1-3-5-17(9)11/h1-2,7-8H,3-6H2/b2-1-. The molecule has 0 amide bonds. The van der Waals surface area contributed by atoms with E-state index in [1.165, 1.54) is 0 Å². The Bertz CT molecular complexity index is 545. The number of imidazole rings is 2. The van der Waals surface area contributed by atoms with Crippen molar-refractivity contribution >= 4 is 31.9 Å². The first-order valence-electron chi connectivity index (χ1n) is 5.85. The lowest BCUT2D eigenvalue weighted by atomic mass is 10.3. The summed E-state index contributed by atoms with van der Waals surface area (Å²) in [6, 6.07) is 0. The molecule has 0 N–H and O–H groups in total. The zero-order valence-electron chi connectivity index (χ0n) is 9.68. The van der Waals surface area contributed by atoms with E-state index < -0.39 is 0 Å². The molecule has 0 saturated carbocycles. The Morgan fingerprint density at radius 1 is 0.833 bits per heavy atom. The molecule has 0 saturated heterocycles. The van der Waals surface area contributed by atoms with Crippen molar-refractivity contribution in [3.8, 4) is 11.6 Å². The molecule has 0 radical (unpaired) electrons. The maximum absolute atomic E-state index is 4.47. The molecule has 0 aromatic carbocycles. The lowest BCUT2D eigenvalue weighted by Crippen LogP contribution is -2.08. The first-order chi connectivity index (χ1) is 8.77. The minimum Gasteiger partial charge on any atom is -0.316 e. The monoisotopic (exact) mass is 370 g/mol. The molecule has 3 heterocycles. The molecule has 0 unspecified atom stereocenters. The molecule has 2 aromatic rings. The molecule has 18 heavy (non-hydrogen) atoms. The zero-order valence-corrected chi connectivity index (χ0v) is 12.9. The minimum atomic E-state index is 0.914. The lowest BCUT2D eigenvalue weighted by molar-refractivity contribution is 0.655. The Morgan fingerprint density at radius 3 is 1.72 bits per heavy atom. The highest BCUT2D eigenvalue weighted by atomic mass is 79.9. The van der Waals surface area contributed by atoms with Crippen LogP contribution in [0.4, 0.5) is 0 Å². The van der Waals surface area contributed by atoms with Crippen molar-refractivity contribution in [3.05, 3.63) is 33.8 Å². The first kappa shape index (κ1) is 12.2. The van der Waals surface area contributed by atoms with Crippen LogP contribution in [0.3, 0.4) is 0 Å². The van der Waals surface area contributed by atoms with E-state index >= 15 is 0 Å². The van der Waals surface area contributed by atoms with Crippen LogP contribution in [-0.2, 0) is 13.1 Å². The van der Waals surface area contributed by atoms with Crippen molar-refractivity contribution in [2.45, 2.75) is 25.9 Å². The molecule has 2 aromatic heterocycles. The minimum absolute atomic E-state index is 0.914. The van der Waals surface area contributed by atoms with Gasteiger partial charge in [-0.2, -0.15) is 0 Å². The highest BCUT2D eigenvalue weighted by molar-refractivity contribution is 9.10. The van der Waals surface area contributed by atoms with Crippen molar-refractivity contribution < 1.29 is 0 Å². The summed E-state index contributed by atoms with van der Waals surface area (Å²) in [5.41, 5.74) is 0. The molecular weight excluding hydrogens is 360 g/mol. The van der Waals surface area contributed by atoms with Gasteiger partial charge in [-0.25, -0.2) is 9.97 Å². The molecule has 94 valence electrons. The second-order valence-corrected chi connectivity index (χ2v) is 5.79. The Kier molecular flexibility index (Phi) is 3.39. The van der Waals surface area contributed by atoms with E-state index in [1.54, 1.807) is 0 Å². The lowest BCUT2D eigenvalue weighted by Gasteiger charge is -2.12. The van der Waals surface area contributed by atoms with Gasteiger partial charge in [0.2, 0.25) is 0 Å². The summed E-state index contributed by atoms with van der Waals surface area (Å²) in [6.45, 7) is 1.83. The molecule has 0 fully saturated rings. The molecule has 0 atom stereocenters. The molecular formula is C12H12Br2N4. The molecule has 3 rings (SSSR count). The highest BCUT2D eigenvalue weighted by Gasteiger charge is 2.17. The van der Waals surface area contributed by atoms with E-state index in [4.69, 9.17) is 0 Å². The maximum atomic E-state index is 4.47. The molecule has 6 heteroatoms. The number of halogens is 2. The van der Waals surface area contributed by atoms with Gasteiger partial charge in [-0.15, -0.1) is 0 Å². The average Bonchev–Trinajstić information content (AvgIpc) is 2.90. The molecule has 1 aliphatic heterocycles. The fourth-order valence-electron chi connectivity index (χ4n) is 2.14. The number of hydrogen-bond donors (Lipinski definition) is 0. The van der Waals surface area contributed by atoms with E-state index in [-0.39, 0.29) is 0 Å². The van der Waals surface area contributed by atoms with Crippen LogP contribution in [0.15, 0.2) is 33.8 Å². The van der Waals surface area contributed by atoms with E-state index in [0.29, 0.717) is 0 Å². The second kappa shape index (κ2) is 5.01. The second-order valence-electron chi connectivity index (χ2n) is 4.16. The van der Waals surface area contributed by atoms with E-state index in [1.807, 2.05) is 12.4 Å². The topological polar surface area (TPSA) is 35.6 Å². The number of fused-ring (bicyclic) bond motifs is 3. The number of allylic oxidation sites excluding steroid dienone is 2. The van der Waals surface area contributed by atoms with Crippen LogP contribution in [0.2, 0.25) is 0 Å². The van der Waals surface area contributed by atoms with Crippen LogP contribution in [0.1, 0.15) is 12.8 Å². The third-order valence-electron chi connectivity index (χ3n) is 3.02. The largest absolute Gasteiger partial charge is 0.316 e. The van der Waals surface area contributed by atoms with Crippen LogP contribution in [0, 0.1) is 0 Å². The van der Waals surface area contributed by atoms with Gasteiger partial charge < -0.3 is 9.13 Å². The summed E-state index contributed by atoms with van der Waals surface area (Å²) in [7, 11) is 0. The van der Waals surface area contributed by atoms with Crippen LogP contribution in [-0.4, -0.2) is 19.1 Å². The number of aromatic nitrogens is 4. The van der Waals surface area contributed by atoms with Crippen LogP contribution < -0.4 is 0 Å². The van der Waals surface area contributed by atoms with Gasteiger partial charge in [-0.1, -0.05) is 12.2 Å². The van der Waals surface area contributed by atoms with E-state index in [2.05, 4.69) is 63.1 Å². The Morgan fingerprint density at radius 2 is 1.28 bits per heavy atom. The van der Waals surface area contributed by atoms with E-state index in [9.17, 15) is 0 Å². The van der Waals surface area contributed by atoms with E-state index in [0.717, 1.165) is 46.8 Å². The number of rotatable bonds is 0. The van der Waals surface area contributed by atoms with Crippen LogP contribution in [0.5, 0.6) is 0 Å². The fraction of sp³-hybridized carbons (Fsp3) is 0.333. The third-order valence-corrected chi connectivity index (χ3v) is 4.28. The fourth-order valence-corrected chi connectivity index (χ4v) is 3.03. The predicted molar refractivity (Wildman–Crippen MR) is 77.2 cm³/mol. The van der Waals surface area contributed by atoms with Crippen LogP contribution >= 0.6 is 31.9 Å².